The van der Waals surface area contributed by atoms with Crippen LogP contribution in [0, 0.1) is 6.92 Å². The highest BCUT2D eigenvalue weighted by Crippen LogP contribution is 2.38. The molecule has 0 bridgehead atoms. The lowest BCUT2D eigenvalue weighted by Gasteiger charge is -2.43. The Kier molecular flexibility index (Phi) is 5.35. The number of carbonyl (C=O) groups excluding carboxylic acids is 2. The van der Waals surface area contributed by atoms with Gasteiger partial charge in [-0.3, -0.25) is 14.5 Å². The molecule has 7 nitrogen and oxygen atoms in total. The zero-order valence-corrected chi connectivity index (χ0v) is 19.0. The van der Waals surface area contributed by atoms with Gasteiger partial charge < -0.3 is 9.88 Å². The molecule has 3 aromatic rings. The molecule has 160 valence electrons. The van der Waals surface area contributed by atoms with Crippen molar-refractivity contribution in [3.05, 3.63) is 54.1 Å². The van der Waals surface area contributed by atoms with Gasteiger partial charge in [-0.1, -0.05) is 53.7 Å². The van der Waals surface area contributed by atoms with E-state index in [0.717, 1.165) is 11.4 Å². The van der Waals surface area contributed by atoms with Crippen molar-refractivity contribution in [3.63, 3.8) is 0 Å². The number of aryl methyl sites for hydroxylation is 1. The Morgan fingerprint density at radius 2 is 1.77 bits per heavy atom. The number of nitrogens with zero attached hydrogens (tertiary/aromatic N) is 4. The van der Waals surface area contributed by atoms with Gasteiger partial charge >= 0.3 is 0 Å². The van der Waals surface area contributed by atoms with E-state index in [1.807, 2.05) is 67.9 Å². The first kappa shape index (κ1) is 21.1. The van der Waals surface area contributed by atoms with Crippen molar-refractivity contribution < 1.29 is 9.59 Å². The molecule has 4 rings (SSSR count). The number of hydrogen-bond acceptors (Lipinski definition) is 5. The molecule has 1 N–H and O–H groups in total. The summed E-state index contributed by atoms with van der Waals surface area (Å²) in [5.74, 6) is 0.374. The van der Waals surface area contributed by atoms with Crippen molar-refractivity contribution in [2.75, 3.05) is 10.2 Å². The van der Waals surface area contributed by atoms with Crippen LogP contribution in [-0.2, 0) is 16.6 Å². The van der Waals surface area contributed by atoms with E-state index in [2.05, 4.69) is 15.5 Å². The van der Waals surface area contributed by atoms with E-state index in [-0.39, 0.29) is 11.8 Å². The van der Waals surface area contributed by atoms with Gasteiger partial charge in [0.05, 0.1) is 16.6 Å². The second kappa shape index (κ2) is 7.85. The predicted molar refractivity (Wildman–Crippen MR) is 123 cm³/mol. The molecule has 8 heteroatoms. The lowest BCUT2D eigenvalue weighted by atomic mass is 9.96. The predicted octanol–water partition coefficient (Wildman–Crippen LogP) is 4.04. The Morgan fingerprint density at radius 3 is 2.48 bits per heavy atom. The number of nitrogens with one attached hydrogen (secondary N) is 1. The van der Waals surface area contributed by atoms with Gasteiger partial charge in [0.1, 0.15) is 5.54 Å². The molecule has 1 aliphatic rings. The Bertz CT molecular complexity index is 1150. The topological polar surface area (TPSA) is 80.1 Å². The molecule has 0 fully saturated rings. The molecule has 0 spiro atoms. The maximum absolute atomic E-state index is 13.5. The number of amides is 2. The quantitative estimate of drug-likeness (QED) is 0.626. The summed E-state index contributed by atoms with van der Waals surface area (Å²) >= 11 is 1.33. The molecule has 2 aromatic carbocycles. The first-order valence-electron chi connectivity index (χ1n) is 10.1. The van der Waals surface area contributed by atoms with Crippen LogP contribution in [0.2, 0.25) is 0 Å². The van der Waals surface area contributed by atoms with Gasteiger partial charge in [-0.2, -0.15) is 0 Å². The summed E-state index contributed by atoms with van der Waals surface area (Å²) in [6.07, 6.45) is 0. The van der Waals surface area contributed by atoms with E-state index >= 15 is 0 Å². The number of para-hydroxylation sites is 2. The molecule has 2 heterocycles. The largest absolute Gasteiger partial charge is 0.322 e. The Balaban J connectivity index is 1.61. The van der Waals surface area contributed by atoms with Gasteiger partial charge in [0.25, 0.3) is 0 Å². The fourth-order valence-electron chi connectivity index (χ4n) is 3.61. The average molecular weight is 436 g/mol. The zero-order chi connectivity index (χ0) is 22.3. The number of carbonyl (C=O) groups is 2. The number of rotatable bonds is 4. The summed E-state index contributed by atoms with van der Waals surface area (Å²) in [5, 5.41) is 11.7. The van der Waals surface area contributed by atoms with Crippen LogP contribution in [0.5, 0.6) is 0 Å². The van der Waals surface area contributed by atoms with E-state index in [1.165, 1.54) is 17.3 Å². The van der Waals surface area contributed by atoms with Crippen molar-refractivity contribution in [3.8, 4) is 11.4 Å². The number of aromatic nitrogens is 3. The van der Waals surface area contributed by atoms with Crippen molar-refractivity contribution >= 4 is 35.0 Å². The van der Waals surface area contributed by atoms with Gasteiger partial charge in [-0.25, -0.2) is 0 Å². The van der Waals surface area contributed by atoms with Crippen molar-refractivity contribution in [2.45, 2.75) is 43.6 Å². The van der Waals surface area contributed by atoms with Crippen LogP contribution in [0.3, 0.4) is 0 Å². The lowest BCUT2D eigenvalue weighted by molar-refractivity contribution is -0.126. The summed E-state index contributed by atoms with van der Waals surface area (Å²) in [7, 11) is 1.89. The second-order valence-corrected chi connectivity index (χ2v) is 9.50. The summed E-state index contributed by atoms with van der Waals surface area (Å²) in [4.78, 5) is 27.8. The van der Waals surface area contributed by atoms with E-state index in [0.29, 0.717) is 16.5 Å². The molecular weight excluding hydrogens is 410 g/mol. The minimum atomic E-state index is -1.01. The fourth-order valence-corrected chi connectivity index (χ4v) is 4.46. The summed E-state index contributed by atoms with van der Waals surface area (Å²) in [5.41, 5.74) is 2.47. The van der Waals surface area contributed by atoms with Crippen molar-refractivity contribution in [1.29, 1.82) is 0 Å². The second-order valence-electron chi connectivity index (χ2n) is 8.20. The molecule has 1 atom stereocenters. The average Bonchev–Trinajstić information content (AvgIpc) is 3.09. The highest BCUT2D eigenvalue weighted by atomic mass is 32.2. The third-order valence-corrected chi connectivity index (χ3v) is 6.62. The van der Waals surface area contributed by atoms with Crippen LogP contribution in [0.25, 0.3) is 11.4 Å². The molecule has 1 aromatic heterocycles. The number of thioether (sulfide) groups is 1. The maximum atomic E-state index is 13.5. The molecule has 2 amide bonds. The highest BCUT2D eigenvalue weighted by Gasteiger charge is 2.45. The van der Waals surface area contributed by atoms with E-state index in [1.54, 1.807) is 24.8 Å². The van der Waals surface area contributed by atoms with Crippen LogP contribution >= 0.6 is 11.8 Å². The Hall–Kier alpha value is -3.13. The first-order chi connectivity index (χ1) is 14.7. The molecule has 1 aliphatic heterocycles. The van der Waals surface area contributed by atoms with Gasteiger partial charge in [0.2, 0.25) is 11.8 Å². The smallest absolute Gasteiger partial charge is 0.250 e. The van der Waals surface area contributed by atoms with Crippen LogP contribution in [-0.4, -0.2) is 37.4 Å². The van der Waals surface area contributed by atoms with Crippen LogP contribution in [0.1, 0.15) is 26.3 Å². The minimum absolute atomic E-state index is 0.155. The highest BCUT2D eigenvalue weighted by molar-refractivity contribution is 8.00. The third kappa shape index (κ3) is 3.72. The van der Waals surface area contributed by atoms with Gasteiger partial charge in [0, 0.05) is 12.6 Å². The molecule has 0 saturated carbocycles. The summed E-state index contributed by atoms with van der Waals surface area (Å²) < 4.78 is 1.89. The van der Waals surface area contributed by atoms with Crippen molar-refractivity contribution in [2.24, 2.45) is 7.05 Å². The number of fused-ring (bicyclic) bond motifs is 1. The van der Waals surface area contributed by atoms with E-state index < -0.39 is 10.8 Å². The van der Waals surface area contributed by atoms with Gasteiger partial charge in [-0.05, 0) is 39.8 Å². The minimum Gasteiger partial charge on any atom is -0.322 e. The fraction of sp³-hybridized carbons (Fsp3) is 0.304. The van der Waals surface area contributed by atoms with E-state index in [4.69, 9.17) is 0 Å². The van der Waals surface area contributed by atoms with Crippen LogP contribution in [0.4, 0.5) is 11.4 Å². The third-order valence-electron chi connectivity index (χ3n) is 5.50. The molecular formula is C23H25N5O2S. The SMILES string of the molecule is Cc1ccc(-c2nnc(SC(C)C(=O)N3c4ccccc4NC(=O)C3(C)C)n2C)cc1. The number of anilines is 2. The monoisotopic (exact) mass is 435 g/mol. The molecule has 0 aliphatic carbocycles. The standard InChI is InChI=1S/C23H25N5O2S/c1-14-10-12-16(13-11-14)19-25-26-22(27(19)5)31-15(2)20(29)28-18-9-7-6-8-17(18)24-21(30)23(28,3)4/h6-13,15H,1-5H3,(H,24,30). The lowest BCUT2D eigenvalue weighted by Crippen LogP contribution is -2.60. The van der Waals surface area contributed by atoms with Gasteiger partial charge in [-0.15, -0.1) is 10.2 Å². The maximum Gasteiger partial charge on any atom is 0.250 e. The Morgan fingerprint density at radius 1 is 1.10 bits per heavy atom. The first-order valence-corrected chi connectivity index (χ1v) is 11.0. The van der Waals surface area contributed by atoms with Crippen LogP contribution in [0.15, 0.2) is 53.7 Å². The molecule has 31 heavy (non-hydrogen) atoms. The Labute approximate surface area is 185 Å². The van der Waals surface area contributed by atoms with E-state index in [9.17, 15) is 9.59 Å². The molecule has 0 saturated heterocycles. The van der Waals surface area contributed by atoms with Gasteiger partial charge in [0.15, 0.2) is 11.0 Å². The normalized spacial score (nSPS) is 15.9. The molecule has 0 radical (unpaired) electrons. The van der Waals surface area contributed by atoms with Crippen LogP contribution < -0.4 is 10.2 Å². The number of hydrogen-bond donors (Lipinski definition) is 1. The summed E-state index contributed by atoms with van der Waals surface area (Å²) in [6, 6.07) is 15.4. The zero-order valence-electron chi connectivity index (χ0n) is 18.2. The number of benzene rings is 2. The molecule has 1 unspecified atom stereocenters. The summed E-state index contributed by atoms with van der Waals surface area (Å²) in [6.45, 7) is 7.38. The van der Waals surface area contributed by atoms with Crippen molar-refractivity contribution in [1.82, 2.24) is 14.8 Å².